The number of rotatable bonds is 1. The highest BCUT2D eigenvalue weighted by Gasteiger charge is 1.85. The lowest BCUT2D eigenvalue weighted by molar-refractivity contribution is 0.604. The molecule has 0 N–H and O–H groups in total. The second-order valence-corrected chi connectivity index (χ2v) is 2.58. The van der Waals surface area contributed by atoms with E-state index in [1.807, 2.05) is 0 Å². The Morgan fingerprint density at radius 2 is 2.29 bits per heavy atom. The third-order valence-corrected chi connectivity index (χ3v) is 1.00. The average molecular weight is 116 g/mol. The number of hydrogen-bond donors (Lipinski definition) is 0. The van der Waals surface area contributed by atoms with Crippen LogP contribution in [0, 0.1) is 11.8 Å². The zero-order valence-electron chi connectivity index (χ0n) is 4.52. The van der Waals surface area contributed by atoms with Crippen molar-refractivity contribution in [2.45, 2.75) is 6.92 Å². The predicted molar refractivity (Wildman–Crippen MR) is 32.4 cm³/mol. The minimum atomic E-state index is -0.739. The molecule has 0 aliphatic heterocycles. The van der Waals surface area contributed by atoms with Gasteiger partial charge in [-0.2, -0.15) is 0 Å². The summed E-state index contributed by atoms with van der Waals surface area (Å²) in [6.07, 6.45) is 1.64. The molecular formula is C5H8OS. The van der Waals surface area contributed by atoms with E-state index in [1.165, 1.54) is 0 Å². The Labute approximate surface area is 47.3 Å². The molecule has 0 radical (unpaired) electrons. The van der Waals surface area contributed by atoms with E-state index in [-0.39, 0.29) is 0 Å². The minimum absolute atomic E-state index is 0.510. The largest absolute Gasteiger partial charge is 0.616 e. The monoisotopic (exact) mass is 116 g/mol. The Balaban J connectivity index is 3.08. The van der Waals surface area contributed by atoms with Crippen LogP contribution in [-0.2, 0) is 11.2 Å². The zero-order chi connectivity index (χ0) is 5.70. The molecule has 0 spiro atoms. The van der Waals surface area contributed by atoms with Crippen molar-refractivity contribution in [3.63, 3.8) is 0 Å². The molecule has 0 saturated carbocycles. The molecule has 40 valence electrons. The van der Waals surface area contributed by atoms with Gasteiger partial charge in [-0.3, -0.25) is 0 Å². The summed E-state index contributed by atoms with van der Waals surface area (Å²) in [6.45, 7) is 1.74. The molecule has 0 aromatic rings. The third kappa shape index (κ3) is 5.87. The topological polar surface area (TPSA) is 23.1 Å². The average Bonchev–Trinajstić information content (AvgIpc) is 1.61. The normalized spacial score (nSPS) is 11.9. The van der Waals surface area contributed by atoms with Crippen molar-refractivity contribution in [2.75, 3.05) is 12.0 Å². The quantitative estimate of drug-likeness (QED) is 0.359. The van der Waals surface area contributed by atoms with Crippen LogP contribution >= 0.6 is 0 Å². The first-order valence-corrected chi connectivity index (χ1v) is 3.69. The van der Waals surface area contributed by atoms with Gasteiger partial charge in [0.05, 0.1) is 6.26 Å². The van der Waals surface area contributed by atoms with Gasteiger partial charge in [-0.15, -0.1) is 5.92 Å². The smallest absolute Gasteiger partial charge is 0.165 e. The van der Waals surface area contributed by atoms with E-state index >= 15 is 0 Å². The molecule has 1 atom stereocenters. The van der Waals surface area contributed by atoms with E-state index < -0.39 is 11.2 Å². The lowest BCUT2D eigenvalue weighted by atomic mass is 10.7. The fraction of sp³-hybridized carbons (Fsp3) is 0.600. The lowest BCUT2D eigenvalue weighted by Crippen LogP contribution is -1.99. The highest BCUT2D eigenvalue weighted by molar-refractivity contribution is 7.90. The lowest BCUT2D eigenvalue weighted by Gasteiger charge is -1.95. The minimum Gasteiger partial charge on any atom is -0.616 e. The number of hydrogen-bond acceptors (Lipinski definition) is 1. The van der Waals surface area contributed by atoms with Gasteiger partial charge < -0.3 is 4.55 Å². The molecule has 0 aromatic carbocycles. The summed E-state index contributed by atoms with van der Waals surface area (Å²) in [5.74, 6) is 5.86. The van der Waals surface area contributed by atoms with Gasteiger partial charge in [0.15, 0.2) is 5.75 Å². The molecule has 7 heavy (non-hydrogen) atoms. The summed E-state index contributed by atoms with van der Waals surface area (Å²) in [5, 5.41) is 0. The summed E-state index contributed by atoms with van der Waals surface area (Å²) in [5.41, 5.74) is 0. The van der Waals surface area contributed by atoms with Crippen molar-refractivity contribution < 1.29 is 4.55 Å². The summed E-state index contributed by atoms with van der Waals surface area (Å²) in [7, 11) is 0. The Morgan fingerprint density at radius 3 is 2.43 bits per heavy atom. The molecular weight excluding hydrogens is 108 g/mol. The van der Waals surface area contributed by atoms with Crippen LogP contribution in [0.3, 0.4) is 0 Å². The summed E-state index contributed by atoms with van der Waals surface area (Å²) >= 11 is -0.739. The van der Waals surface area contributed by atoms with Crippen molar-refractivity contribution in [2.24, 2.45) is 0 Å². The Kier molecular flexibility index (Phi) is 3.97. The van der Waals surface area contributed by atoms with Crippen LogP contribution in [0.4, 0.5) is 0 Å². The summed E-state index contributed by atoms with van der Waals surface area (Å²) in [6, 6.07) is 0. The molecule has 0 aliphatic rings. The molecule has 0 aliphatic carbocycles. The van der Waals surface area contributed by atoms with Crippen LogP contribution in [0.25, 0.3) is 0 Å². The zero-order valence-corrected chi connectivity index (χ0v) is 5.34. The van der Waals surface area contributed by atoms with Crippen molar-refractivity contribution in [1.82, 2.24) is 0 Å². The Bertz CT molecular complexity index is 88.0. The van der Waals surface area contributed by atoms with Gasteiger partial charge in [-0.1, -0.05) is 0 Å². The fourth-order valence-corrected chi connectivity index (χ4v) is 0.521. The van der Waals surface area contributed by atoms with Crippen molar-refractivity contribution >= 4 is 11.2 Å². The van der Waals surface area contributed by atoms with Gasteiger partial charge in [0.25, 0.3) is 0 Å². The third-order valence-electron chi connectivity index (χ3n) is 0.452. The van der Waals surface area contributed by atoms with Gasteiger partial charge in [-0.05, 0) is 24.0 Å². The van der Waals surface area contributed by atoms with Gasteiger partial charge in [0, 0.05) is 0 Å². The first kappa shape index (κ1) is 6.87. The molecule has 0 amide bonds. The van der Waals surface area contributed by atoms with Gasteiger partial charge in [0.2, 0.25) is 0 Å². The van der Waals surface area contributed by atoms with Crippen molar-refractivity contribution in [3.8, 4) is 11.8 Å². The summed E-state index contributed by atoms with van der Waals surface area (Å²) < 4.78 is 10.2. The van der Waals surface area contributed by atoms with E-state index in [4.69, 9.17) is 0 Å². The molecule has 0 rings (SSSR count). The molecule has 2 heteroatoms. The second-order valence-electron chi connectivity index (χ2n) is 1.14. The maximum Gasteiger partial charge on any atom is 0.165 e. The van der Waals surface area contributed by atoms with E-state index in [2.05, 4.69) is 11.8 Å². The van der Waals surface area contributed by atoms with Crippen LogP contribution in [0.15, 0.2) is 0 Å². The van der Waals surface area contributed by atoms with Crippen LogP contribution in [0.2, 0.25) is 0 Å². The fourth-order valence-electron chi connectivity index (χ4n) is 0.174. The molecule has 0 fully saturated rings. The highest BCUT2D eigenvalue weighted by atomic mass is 32.2. The predicted octanol–water partition coefficient (Wildman–Crippen LogP) is 0.388. The maximum absolute atomic E-state index is 10.2. The highest BCUT2D eigenvalue weighted by Crippen LogP contribution is 1.76. The molecule has 0 saturated heterocycles. The molecule has 0 bridgehead atoms. The SMILES string of the molecule is CC#CC[S+](C)[O-]. The van der Waals surface area contributed by atoms with Crippen LogP contribution < -0.4 is 0 Å². The van der Waals surface area contributed by atoms with E-state index in [1.54, 1.807) is 13.2 Å². The van der Waals surface area contributed by atoms with Crippen molar-refractivity contribution in [1.29, 1.82) is 0 Å². The second kappa shape index (κ2) is 4.04. The van der Waals surface area contributed by atoms with Crippen LogP contribution in [-0.4, -0.2) is 16.6 Å². The standard InChI is InChI=1S/C5H8OS/c1-3-4-5-7(2)6/h5H2,1-2H3. The first-order chi connectivity index (χ1) is 3.27. The van der Waals surface area contributed by atoms with Gasteiger partial charge in [-0.25, -0.2) is 0 Å². The van der Waals surface area contributed by atoms with E-state index in [0.29, 0.717) is 5.75 Å². The molecule has 0 aromatic heterocycles. The van der Waals surface area contributed by atoms with Crippen LogP contribution in [0.5, 0.6) is 0 Å². The first-order valence-electron chi connectivity index (χ1n) is 1.97. The Hall–Kier alpha value is -0.130. The molecule has 1 unspecified atom stereocenters. The van der Waals surface area contributed by atoms with Crippen molar-refractivity contribution in [3.05, 3.63) is 0 Å². The van der Waals surface area contributed by atoms with Crippen LogP contribution in [0.1, 0.15) is 6.92 Å². The summed E-state index contributed by atoms with van der Waals surface area (Å²) in [4.78, 5) is 0. The Morgan fingerprint density at radius 1 is 1.71 bits per heavy atom. The van der Waals surface area contributed by atoms with E-state index in [9.17, 15) is 4.55 Å². The van der Waals surface area contributed by atoms with Gasteiger partial charge in [0.1, 0.15) is 0 Å². The molecule has 0 heterocycles. The van der Waals surface area contributed by atoms with E-state index in [0.717, 1.165) is 0 Å². The van der Waals surface area contributed by atoms with Gasteiger partial charge >= 0.3 is 0 Å². The maximum atomic E-state index is 10.2. The molecule has 1 nitrogen and oxygen atoms in total.